The van der Waals surface area contributed by atoms with E-state index in [0.29, 0.717) is 22.8 Å². The second-order valence-electron chi connectivity index (χ2n) is 7.62. The van der Waals surface area contributed by atoms with E-state index in [1.165, 1.54) is 0 Å². The number of furan rings is 1. The van der Waals surface area contributed by atoms with Gasteiger partial charge in [-0.1, -0.05) is 30.3 Å². The van der Waals surface area contributed by atoms with Crippen molar-refractivity contribution in [2.45, 2.75) is 19.1 Å². The van der Waals surface area contributed by atoms with E-state index in [1.54, 1.807) is 19.4 Å². The molecular weight excluding hydrogens is 406 g/mol. The number of ether oxygens (including phenoxy) is 2. The Bertz CT molecular complexity index is 1250. The number of rotatable bonds is 5. The molecule has 3 heterocycles. The summed E-state index contributed by atoms with van der Waals surface area (Å²) in [4.78, 5) is 16.8. The van der Waals surface area contributed by atoms with Gasteiger partial charge in [-0.05, 0) is 43.1 Å². The molecule has 1 saturated heterocycles. The molecule has 7 heteroatoms. The third-order valence-electron chi connectivity index (χ3n) is 5.43. The lowest BCUT2D eigenvalue weighted by Crippen LogP contribution is -2.29. The summed E-state index contributed by atoms with van der Waals surface area (Å²) in [6.45, 7) is 0.853. The summed E-state index contributed by atoms with van der Waals surface area (Å²) in [5.74, 6) is 1.22. The second kappa shape index (κ2) is 8.72. The first-order valence-corrected chi connectivity index (χ1v) is 10.5. The van der Waals surface area contributed by atoms with Gasteiger partial charge in [0, 0.05) is 35.1 Å². The van der Waals surface area contributed by atoms with Crippen LogP contribution in [0.25, 0.3) is 33.6 Å². The van der Waals surface area contributed by atoms with Crippen LogP contribution in [0, 0.1) is 0 Å². The van der Waals surface area contributed by atoms with E-state index in [9.17, 15) is 4.79 Å². The van der Waals surface area contributed by atoms with Gasteiger partial charge in [-0.3, -0.25) is 15.6 Å². The molecule has 0 bridgehead atoms. The van der Waals surface area contributed by atoms with E-state index >= 15 is 0 Å². The number of amides is 1. The van der Waals surface area contributed by atoms with Crippen molar-refractivity contribution in [3.05, 3.63) is 66.9 Å². The zero-order valence-corrected chi connectivity index (χ0v) is 17.6. The Labute approximate surface area is 185 Å². The highest BCUT2D eigenvalue weighted by atomic mass is 16.6. The van der Waals surface area contributed by atoms with Crippen LogP contribution in [0.2, 0.25) is 0 Å². The quantitative estimate of drug-likeness (QED) is 0.440. The van der Waals surface area contributed by atoms with E-state index in [-0.39, 0.29) is 6.23 Å². The lowest BCUT2D eigenvalue weighted by atomic mass is 10.1. The number of carbonyl (C=O) groups excluding carboxylic acids is 1. The molecule has 1 fully saturated rings. The van der Waals surface area contributed by atoms with E-state index in [1.807, 2.05) is 54.6 Å². The third kappa shape index (κ3) is 4.15. The van der Waals surface area contributed by atoms with Gasteiger partial charge in [-0.25, -0.2) is 4.79 Å². The van der Waals surface area contributed by atoms with Crippen molar-refractivity contribution in [2.24, 2.45) is 0 Å². The van der Waals surface area contributed by atoms with E-state index in [0.717, 1.165) is 41.6 Å². The molecule has 1 aliphatic rings. The van der Waals surface area contributed by atoms with E-state index < -0.39 is 6.09 Å². The fourth-order valence-corrected chi connectivity index (χ4v) is 3.89. The smallest absolute Gasteiger partial charge is 0.413 e. The number of aromatic nitrogens is 1. The molecule has 0 aliphatic carbocycles. The average molecular weight is 429 g/mol. The largest absolute Gasteiger partial charge is 0.497 e. The minimum absolute atomic E-state index is 0.252. The van der Waals surface area contributed by atoms with Gasteiger partial charge in [-0.15, -0.1) is 0 Å². The van der Waals surface area contributed by atoms with E-state index in [4.69, 9.17) is 13.9 Å². The molecule has 1 amide bonds. The van der Waals surface area contributed by atoms with Crippen LogP contribution in [0.3, 0.4) is 0 Å². The highest BCUT2D eigenvalue weighted by Crippen LogP contribution is 2.36. The first-order chi connectivity index (χ1) is 15.7. The number of anilines is 1. The number of nitrogens with one attached hydrogen (secondary N) is 2. The molecule has 4 aromatic rings. The zero-order valence-electron chi connectivity index (χ0n) is 17.6. The number of methoxy groups -OCH3 is 1. The van der Waals surface area contributed by atoms with Gasteiger partial charge in [0.25, 0.3) is 0 Å². The van der Waals surface area contributed by atoms with Crippen molar-refractivity contribution in [1.82, 2.24) is 10.3 Å². The summed E-state index contributed by atoms with van der Waals surface area (Å²) in [5.41, 5.74) is 4.80. The van der Waals surface area contributed by atoms with Crippen LogP contribution in [0.5, 0.6) is 5.75 Å². The molecule has 0 unspecified atom stereocenters. The van der Waals surface area contributed by atoms with Gasteiger partial charge in [0.05, 0.1) is 7.11 Å². The minimum Gasteiger partial charge on any atom is -0.497 e. The van der Waals surface area contributed by atoms with Crippen LogP contribution in [0.4, 0.5) is 10.5 Å². The van der Waals surface area contributed by atoms with Crippen LogP contribution in [0.1, 0.15) is 12.8 Å². The molecule has 0 saturated carbocycles. The van der Waals surface area contributed by atoms with Gasteiger partial charge >= 0.3 is 6.09 Å². The van der Waals surface area contributed by atoms with Crippen LogP contribution in [-0.4, -0.2) is 31.0 Å². The Hall–Kier alpha value is -3.84. The molecule has 32 heavy (non-hydrogen) atoms. The number of hydrogen-bond acceptors (Lipinski definition) is 6. The maximum absolute atomic E-state index is 12.3. The highest BCUT2D eigenvalue weighted by Gasteiger charge is 2.19. The molecular formula is C25H23N3O4. The summed E-state index contributed by atoms with van der Waals surface area (Å²) < 4.78 is 17.1. The van der Waals surface area contributed by atoms with Crippen molar-refractivity contribution in [1.29, 1.82) is 0 Å². The second-order valence-corrected chi connectivity index (χ2v) is 7.62. The highest BCUT2D eigenvalue weighted by molar-refractivity contribution is 5.93. The number of carbonyl (C=O) groups is 1. The van der Waals surface area contributed by atoms with Crippen molar-refractivity contribution < 1.29 is 18.7 Å². The number of nitrogens with zero attached hydrogens (tertiary/aromatic N) is 1. The summed E-state index contributed by atoms with van der Waals surface area (Å²) in [6, 6.07) is 19.3. The average Bonchev–Trinajstić information content (AvgIpc) is 3.49. The monoisotopic (exact) mass is 429 g/mol. The summed E-state index contributed by atoms with van der Waals surface area (Å²) in [5, 5.41) is 5.92. The van der Waals surface area contributed by atoms with Crippen LogP contribution in [0.15, 0.2) is 71.3 Å². The molecule has 0 radical (unpaired) electrons. The molecule has 1 aliphatic heterocycles. The predicted octanol–water partition coefficient (Wildman–Crippen LogP) is 5.43. The van der Waals surface area contributed by atoms with Crippen molar-refractivity contribution >= 4 is 22.9 Å². The molecule has 2 N–H and O–H groups in total. The van der Waals surface area contributed by atoms with Gasteiger partial charge < -0.3 is 13.9 Å². The molecule has 0 spiro atoms. The van der Waals surface area contributed by atoms with Crippen molar-refractivity contribution in [3.63, 3.8) is 0 Å². The lowest BCUT2D eigenvalue weighted by molar-refractivity contribution is 0.102. The van der Waals surface area contributed by atoms with Crippen LogP contribution in [-0.2, 0) is 4.74 Å². The van der Waals surface area contributed by atoms with Gasteiger partial charge in [-0.2, -0.15) is 0 Å². The summed E-state index contributed by atoms with van der Waals surface area (Å²) in [7, 11) is 1.58. The minimum atomic E-state index is -0.513. The van der Waals surface area contributed by atoms with Crippen LogP contribution >= 0.6 is 0 Å². The van der Waals surface area contributed by atoms with E-state index in [2.05, 4.69) is 15.6 Å². The molecule has 1 atom stereocenters. The summed E-state index contributed by atoms with van der Waals surface area (Å²) >= 11 is 0. The SMILES string of the molecule is COc1cc(NC(=O)O[C@H]2CCCN2)cc(-c2cc3nccc(-c4ccccc4)c3o2)c1. The van der Waals surface area contributed by atoms with Crippen molar-refractivity contribution in [2.75, 3.05) is 19.0 Å². The molecule has 162 valence electrons. The number of fused-ring (bicyclic) bond motifs is 1. The fraction of sp³-hybridized carbons (Fsp3) is 0.200. The van der Waals surface area contributed by atoms with Crippen molar-refractivity contribution in [3.8, 4) is 28.2 Å². The first kappa shape index (κ1) is 20.1. The Balaban J connectivity index is 1.47. The Morgan fingerprint density at radius 2 is 2.00 bits per heavy atom. The maximum Gasteiger partial charge on any atom is 0.413 e. The molecule has 2 aromatic carbocycles. The normalized spacial score (nSPS) is 15.6. The maximum atomic E-state index is 12.3. The number of pyridine rings is 1. The Morgan fingerprint density at radius 1 is 1.12 bits per heavy atom. The number of hydrogen-bond donors (Lipinski definition) is 2. The molecule has 7 nitrogen and oxygen atoms in total. The molecule has 5 rings (SSSR count). The predicted molar refractivity (Wildman–Crippen MR) is 123 cm³/mol. The van der Waals surface area contributed by atoms with Gasteiger partial charge in [0.15, 0.2) is 11.8 Å². The number of benzene rings is 2. The topological polar surface area (TPSA) is 85.6 Å². The first-order valence-electron chi connectivity index (χ1n) is 10.5. The standard InChI is InChI=1S/C25H23N3O4/c1-30-19-13-17(12-18(14-19)28-25(29)32-23-8-5-10-27-23)22-15-21-24(31-22)20(9-11-26-21)16-6-3-2-4-7-16/h2-4,6-7,9,11-15,23,27H,5,8,10H2,1H3,(H,28,29)/t23-/m0/s1. The van der Waals surface area contributed by atoms with Crippen LogP contribution < -0.4 is 15.4 Å². The zero-order chi connectivity index (χ0) is 21.9. The Kier molecular flexibility index (Phi) is 5.47. The summed E-state index contributed by atoms with van der Waals surface area (Å²) in [6.07, 6.45) is 2.81. The molecule has 2 aromatic heterocycles. The van der Waals surface area contributed by atoms with Gasteiger partial charge in [0.2, 0.25) is 0 Å². The lowest BCUT2D eigenvalue weighted by Gasteiger charge is -2.14. The fourth-order valence-electron chi connectivity index (χ4n) is 3.89. The Morgan fingerprint density at radius 3 is 2.78 bits per heavy atom. The van der Waals surface area contributed by atoms with Gasteiger partial charge in [0.1, 0.15) is 17.0 Å². The third-order valence-corrected chi connectivity index (χ3v) is 5.43.